The molecule has 0 aliphatic carbocycles. The van der Waals surface area contributed by atoms with Gasteiger partial charge in [-0.25, -0.2) is 5.43 Å². The monoisotopic (exact) mass is 330 g/mol. The molecule has 126 valence electrons. The molecule has 0 fully saturated rings. The van der Waals surface area contributed by atoms with E-state index in [0.29, 0.717) is 22.8 Å². The maximum absolute atomic E-state index is 11.7. The summed E-state index contributed by atoms with van der Waals surface area (Å²) in [5.41, 5.74) is 2.74. The molecule has 0 spiro atoms. The number of phenolic OH excluding ortho intramolecular Hbond substituents is 1. The molecule has 0 heterocycles. The Bertz CT molecular complexity index is 713. The molecule has 7 heteroatoms. The van der Waals surface area contributed by atoms with Crippen LogP contribution in [0.15, 0.2) is 47.6 Å². The lowest BCUT2D eigenvalue weighted by molar-refractivity contribution is -0.123. The Kier molecular flexibility index (Phi) is 6.01. The highest BCUT2D eigenvalue weighted by Gasteiger charge is 2.03. The van der Waals surface area contributed by atoms with E-state index in [4.69, 9.17) is 14.2 Å². The zero-order valence-corrected chi connectivity index (χ0v) is 13.4. The summed E-state index contributed by atoms with van der Waals surface area (Å²) in [6, 6.07) is 11.6. The molecule has 0 aliphatic rings. The van der Waals surface area contributed by atoms with Gasteiger partial charge in [0.05, 0.1) is 20.4 Å². The quantitative estimate of drug-likeness (QED) is 0.598. The largest absolute Gasteiger partial charge is 0.507 e. The van der Waals surface area contributed by atoms with E-state index in [1.807, 2.05) is 0 Å². The molecule has 0 radical (unpaired) electrons. The van der Waals surface area contributed by atoms with Crippen LogP contribution in [0, 0.1) is 0 Å². The smallest absolute Gasteiger partial charge is 0.277 e. The minimum atomic E-state index is -0.426. The van der Waals surface area contributed by atoms with Crippen molar-refractivity contribution in [1.82, 2.24) is 5.43 Å². The molecular weight excluding hydrogens is 312 g/mol. The Hall–Kier alpha value is -3.22. The molecule has 2 aromatic carbocycles. The van der Waals surface area contributed by atoms with Crippen LogP contribution in [-0.2, 0) is 4.79 Å². The minimum absolute atomic E-state index is 0.0308. The number of hydrazone groups is 1. The Morgan fingerprint density at radius 2 is 1.71 bits per heavy atom. The summed E-state index contributed by atoms with van der Waals surface area (Å²) in [6.07, 6.45) is 1.32. The second-order valence-electron chi connectivity index (χ2n) is 4.68. The summed E-state index contributed by atoms with van der Waals surface area (Å²) in [6.45, 7) is -0.187. The highest BCUT2D eigenvalue weighted by Crippen LogP contribution is 2.21. The molecule has 0 bridgehead atoms. The number of aromatic hydroxyl groups is 1. The van der Waals surface area contributed by atoms with Crippen molar-refractivity contribution in [2.24, 2.45) is 5.10 Å². The van der Waals surface area contributed by atoms with Gasteiger partial charge in [-0.3, -0.25) is 4.79 Å². The number of hydrogen-bond donors (Lipinski definition) is 2. The van der Waals surface area contributed by atoms with Crippen molar-refractivity contribution in [3.8, 4) is 23.0 Å². The van der Waals surface area contributed by atoms with Crippen molar-refractivity contribution in [1.29, 1.82) is 0 Å². The Morgan fingerprint density at radius 1 is 1.08 bits per heavy atom. The Balaban J connectivity index is 1.84. The van der Waals surface area contributed by atoms with E-state index in [0.717, 1.165) is 0 Å². The van der Waals surface area contributed by atoms with Gasteiger partial charge in [0.15, 0.2) is 6.61 Å². The fourth-order valence-electron chi connectivity index (χ4n) is 1.79. The molecule has 0 saturated carbocycles. The van der Waals surface area contributed by atoms with Crippen LogP contribution in [-0.4, -0.2) is 38.1 Å². The highest BCUT2D eigenvalue weighted by molar-refractivity contribution is 5.85. The number of benzene rings is 2. The summed E-state index contributed by atoms with van der Waals surface area (Å²) < 4.78 is 15.4. The van der Waals surface area contributed by atoms with Crippen molar-refractivity contribution in [2.75, 3.05) is 20.8 Å². The number of carbonyl (C=O) groups is 1. The van der Waals surface area contributed by atoms with Gasteiger partial charge in [-0.15, -0.1) is 0 Å². The Labute approximate surface area is 139 Å². The number of carbonyl (C=O) groups excluding carboxylic acids is 1. The van der Waals surface area contributed by atoms with Crippen molar-refractivity contribution in [3.63, 3.8) is 0 Å². The summed E-state index contributed by atoms with van der Waals surface area (Å²) in [4.78, 5) is 11.7. The van der Waals surface area contributed by atoms with Crippen LogP contribution in [0.4, 0.5) is 0 Å². The standard InChI is InChI=1S/C17H18N2O5/c1-22-13-3-5-14(6-4-13)24-11-17(21)19-18-10-12-9-15(23-2)7-8-16(12)20/h3-10,20H,11H2,1-2H3,(H,19,21)/b18-10+. The van der Waals surface area contributed by atoms with Crippen LogP contribution < -0.4 is 19.6 Å². The molecule has 0 unspecified atom stereocenters. The fourth-order valence-corrected chi connectivity index (χ4v) is 1.79. The van der Waals surface area contributed by atoms with E-state index in [1.165, 1.54) is 19.4 Å². The fraction of sp³-hybridized carbons (Fsp3) is 0.176. The number of methoxy groups -OCH3 is 2. The predicted molar refractivity (Wildman–Crippen MR) is 88.9 cm³/mol. The van der Waals surface area contributed by atoms with Crippen LogP contribution in [0.25, 0.3) is 0 Å². The van der Waals surface area contributed by atoms with E-state index in [2.05, 4.69) is 10.5 Å². The number of rotatable bonds is 7. The number of nitrogens with one attached hydrogen (secondary N) is 1. The zero-order chi connectivity index (χ0) is 17.4. The van der Waals surface area contributed by atoms with Crippen LogP contribution in [0.5, 0.6) is 23.0 Å². The molecule has 0 aromatic heterocycles. The predicted octanol–water partition coefficient (Wildman–Crippen LogP) is 1.94. The first-order valence-electron chi connectivity index (χ1n) is 7.08. The summed E-state index contributed by atoms with van der Waals surface area (Å²) in [5.74, 6) is 1.42. The van der Waals surface area contributed by atoms with Gasteiger partial charge in [-0.1, -0.05) is 0 Å². The number of hydrogen-bond acceptors (Lipinski definition) is 6. The van der Waals surface area contributed by atoms with E-state index < -0.39 is 5.91 Å². The van der Waals surface area contributed by atoms with Gasteiger partial charge in [0.2, 0.25) is 0 Å². The van der Waals surface area contributed by atoms with Gasteiger partial charge in [0.1, 0.15) is 23.0 Å². The molecule has 0 atom stereocenters. The maximum Gasteiger partial charge on any atom is 0.277 e. The molecule has 2 aromatic rings. The number of phenols is 1. The van der Waals surface area contributed by atoms with Crippen molar-refractivity contribution < 1.29 is 24.1 Å². The third kappa shape index (κ3) is 4.91. The summed E-state index contributed by atoms with van der Waals surface area (Å²) in [5, 5.41) is 13.5. The Morgan fingerprint density at radius 3 is 2.38 bits per heavy atom. The first kappa shape index (κ1) is 17.1. The van der Waals surface area contributed by atoms with E-state index in [-0.39, 0.29) is 12.4 Å². The lowest BCUT2D eigenvalue weighted by atomic mass is 10.2. The van der Waals surface area contributed by atoms with Crippen LogP contribution in [0.1, 0.15) is 5.56 Å². The van der Waals surface area contributed by atoms with Crippen molar-refractivity contribution >= 4 is 12.1 Å². The number of nitrogens with zero attached hydrogens (tertiary/aromatic N) is 1. The zero-order valence-electron chi connectivity index (χ0n) is 13.4. The second-order valence-corrected chi connectivity index (χ2v) is 4.68. The molecule has 24 heavy (non-hydrogen) atoms. The number of ether oxygens (including phenoxy) is 3. The van der Waals surface area contributed by atoms with Gasteiger partial charge >= 0.3 is 0 Å². The molecule has 7 nitrogen and oxygen atoms in total. The minimum Gasteiger partial charge on any atom is -0.507 e. The van der Waals surface area contributed by atoms with Crippen LogP contribution >= 0.6 is 0 Å². The van der Waals surface area contributed by atoms with E-state index in [1.54, 1.807) is 43.5 Å². The normalized spacial score (nSPS) is 10.4. The lowest BCUT2D eigenvalue weighted by Crippen LogP contribution is -2.24. The average molecular weight is 330 g/mol. The summed E-state index contributed by atoms with van der Waals surface area (Å²) >= 11 is 0. The van der Waals surface area contributed by atoms with Crippen molar-refractivity contribution in [2.45, 2.75) is 0 Å². The third-order valence-corrected chi connectivity index (χ3v) is 3.06. The molecular formula is C17H18N2O5. The van der Waals surface area contributed by atoms with Gasteiger partial charge in [-0.2, -0.15) is 5.10 Å². The summed E-state index contributed by atoms with van der Waals surface area (Å²) in [7, 11) is 3.09. The molecule has 1 amide bonds. The van der Waals surface area contributed by atoms with Crippen molar-refractivity contribution in [3.05, 3.63) is 48.0 Å². The van der Waals surface area contributed by atoms with Gasteiger partial charge in [0.25, 0.3) is 5.91 Å². The van der Waals surface area contributed by atoms with Gasteiger partial charge in [-0.05, 0) is 42.5 Å². The SMILES string of the molecule is COc1ccc(OCC(=O)N/N=C/c2cc(OC)ccc2O)cc1. The van der Waals surface area contributed by atoms with E-state index in [9.17, 15) is 9.90 Å². The molecule has 0 aliphatic heterocycles. The lowest BCUT2D eigenvalue weighted by Gasteiger charge is -2.06. The van der Waals surface area contributed by atoms with Gasteiger partial charge in [0, 0.05) is 5.56 Å². The topological polar surface area (TPSA) is 89.4 Å². The number of amides is 1. The van der Waals surface area contributed by atoms with Crippen LogP contribution in [0.3, 0.4) is 0 Å². The third-order valence-electron chi connectivity index (χ3n) is 3.06. The molecule has 0 saturated heterocycles. The van der Waals surface area contributed by atoms with Gasteiger partial charge < -0.3 is 19.3 Å². The first-order chi connectivity index (χ1) is 11.6. The maximum atomic E-state index is 11.7. The molecule has 2 N–H and O–H groups in total. The second kappa shape index (κ2) is 8.42. The highest BCUT2D eigenvalue weighted by atomic mass is 16.5. The first-order valence-corrected chi connectivity index (χ1v) is 7.08. The molecule has 2 rings (SSSR count). The average Bonchev–Trinajstić information content (AvgIpc) is 2.62. The van der Waals surface area contributed by atoms with E-state index >= 15 is 0 Å². The van der Waals surface area contributed by atoms with Crippen LogP contribution in [0.2, 0.25) is 0 Å².